The summed E-state index contributed by atoms with van der Waals surface area (Å²) in [7, 11) is 0. The molecule has 90 valence electrons. The van der Waals surface area contributed by atoms with Crippen molar-refractivity contribution in [3.63, 3.8) is 0 Å². The maximum atomic E-state index is 11.2. The molecule has 2 rings (SSSR count). The van der Waals surface area contributed by atoms with Crippen molar-refractivity contribution in [2.75, 3.05) is 6.54 Å². The van der Waals surface area contributed by atoms with Gasteiger partial charge in [-0.1, -0.05) is 41.9 Å². The van der Waals surface area contributed by atoms with Gasteiger partial charge in [0.05, 0.1) is 0 Å². The first-order valence-electron chi connectivity index (χ1n) is 5.51. The Hall–Kier alpha value is -1.32. The first-order chi connectivity index (χ1) is 8.22. The zero-order valence-corrected chi connectivity index (χ0v) is 10.1. The van der Waals surface area contributed by atoms with Gasteiger partial charge in [-0.3, -0.25) is 9.69 Å². The van der Waals surface area contributed by atoms with Crippen LogP contribution in [0.1, 0.15) is 11.1 Å². The van der Waals surface area contributed by atoms with Gasteiger partial charge >= 0.3 is 5.97 Å². The van der Waals surface area contributed by atoms with Gasteiger partial charge in [0.1, 0.15) is 6.04 Å². The molecular formula is C13H14ClNO2. The van der Waals surface area contributed by atoms with E-state index in [0.29, 0.717) is 19.5 Å². The van der Waals surface area contributed by atoms with Crippen LogP contribution in [0.4, 0.5) is 0 Å². The third kappa shape index (κ3) is 2.68. The van der Waals surface area contributed by atoms with E-state index < -0.39 is 12.0 Å². The largest absolute Gasteiger partial charge is 0.480 e. The van der Waals surface area contributed by atoms with Crippen molar-refractivity contribution in [3.05, 3.63) is 47.0 Å². The van der Waals surface area contributed by atoms with E-state index in [2.05, 4.69) is 0 Å². The predicted molar refractivity (Wildman–Crippen MR) is 67.0 cm³/mol. The molecule has 0 amide bonds. The number of halogens is 1. The third-order valence-corrected chi connectivity index (χ3v) is 3.24. The second-order valence-corrected chi connectivity index (χ2v) is 4.37. The quantitative estimate of drug-likeness (QED) is 0.896. The summed E-state index contributed by atoms with van der Waals surface area (Å²) in [6.45, 7) is 1.23. The lowest BCUT2D eigenvalue weighted by molar-refractivity contribution is -0.143. The van der Waals surface area contributed by atoms with Crippen molar-refractivity contribution < 1.29 is 9.90 Å². The highest BCUT2D eigenvalue weighted by molar-refractivity contribution is 6.25. The minimum atomic E-state index is -0.775. The summed E-state index contributed by atoms with van der Waals surface area (Å²) in [5.74, 6) is -0.775. The van der Waals surface area contributed by atoms with E-state index in [1.807, 2.05) is 29.2 Å². The summed E-state index contributed by atoms with van der Waals surface area (Å²) in [6.07, 6.45) is 2.33. The van der Waals surface area contributed by atoms with Crippen LogP contribution in [-0.2, 0) is 17.8 Å². The molecule has 0 saturated carbocycles. The Labute approximate surface area is 105 Å². The minimum absolute atomic E-state index is 0.460. The van der Waals surface area contributed by atoms with Crippen molar-refractivity contribution in [2.45, 2.75) is 19.0 Å². The van der Waals surface area contributed by atoms with Gasteiger partial charge in [0.25, 0.3) is 0 Å². The molecule has 1 aliphatic rings. The number of aliphatic carboxylic acids is 1. The second kappa shape index (κ2) is 5.34. The maximum Gasteiger partial charge on any atom is 0.321 e. The van der Waals surface area contributed by atoms with E-state index in [1.54, 1.807) is 6.08 Å². The number of rotatable bonds is 3. The van der Waals surface area contributed by atoms with E-state index in [9.17, 15) is 9.90 Å². The number of carbonyl (C=O) groups is 1. The topological polar surface area (TPSA) is 40.5 Å². The van der Waals surface area contributed by atoms with Crippen LogP contribution in [0.25, 0.3) is 0 Å². The van der Waals surface area contributed by atoms with E-state index in [1.165, 1.54) is 11.1 Å². The predicted octanol–water partition coefficient (Wildman–Crippen LogP) is 2.25. The molecule has 0 radical (unpaired) electrons. The van der Waals surface area contributed by atoms with Crippen LogP contribution < -0.4 is 0 Å². The Bertz CT molecular complexity index is 445. The first kappa shape index (κ1) is 12.1. The van der Waals surface area contributed by atoms with Crippen LogP contribution in [0, 0.1) is 0 Å². The Balaban J connectivity index is 2.24. The number of fused-ring (bicyclic) bond motifs is 1. The fourth-order valence-electron chi connectivity index (χ4n) is 2.19. The summed E-state index contributed by atoms with van der Waals surface area (Å²) in [4.78, 5) is 13.2. The summed E-state index contributed by atoms with van der Waals surface area (Å²) < 4.78 is 0. The molecule has 0 spiro atoms. The van der Waals surface area contributed by atoms with E-state index >= 15 is 0 Å². The molecule has 0 aromatic heterocycles. The highest BCUT2D eigenvalue weighted by Gasteiger charge is 2.30. The lowest BCUT2D eigenvalue weighted by Gasteiger charge is -2.33. The lowest BCUT2D eigenvalue weighted by Crippen LogP contribution is -2.45. The molecule has 1 heterocycles. The molecule has 0 aliphatic carbocycles. The van der Waals surface area contributed by atoms with Crippen molar-refractivity contribution >= 4 is 17.6 Å². The molecular weight excluding hydrogens is 238 g/mol. The second-order valence-electron chi connectivity index (χ2n) is 4.12. The van der Waals surface area contributed by atoms with Crippen LogP contribution >= 0.6 is 11.6 Å². The molecule has 0 fully saturated rings. The van der Waals surface area contributed by atoms with Crippen LogP contribution in [-0.4, -0.2) is 28.6 Å². The van der Waals surface area contributed by atoms with Gasteiger partial charge in [0.15, 0.2) is 0 Å². The van der Waals surface area contributed by atoms with E-state index in [4.69, 9.17) is 11.6 Å². The highest BCUT2D eigenvalue weighted by Crippen LogP contribution is 2.23. The van der Waals surface area contributed by atoms with Gasteiger partial charge in [-0.2, -0.15) is 0 Å². The molecule has 4 heteroatoms. The number of hydrogen-bond acceptors (Lipinski definition) is 2. The fraction of sp³-hybridized carbons (Fsp3) is 0.308. The molecule has 1 unspecified atom stereocenters. The Morgan fingerprint density at radius 3 is 2.82 bits per heavy atom. The zero-order chi connectivity index (χ0) is 12.3. The summed E-state index contributed by atoms with van der Waals surface area (Å²) >= 11 is 5.49. The maximum absolute atomic E-state index is 11.2. The minimum Gasteiger partial charge on any atom is -0.480 e. The molecule has 0 saturated heterocycles. The number of nitrogens with zero attached hydrogens (tertiary/aromatic N) is 1. The average molecular weight is 252 g/mol. The monoisotopic (exact) mass is 251 g/mol. The molecule has 1 aromatic carbocycles. The summed E-state index contributed by atoms with van der Waals surface area (Å²) in [6, 6.07) is 7.52. The van der Waals surface area contributed by atoms with Gasteiger partial charge in [-0.15, -0.1) is 0 Å². The number of benzene rings is 1. The van der Waals surface area contributed by atoms with Crippen LogP contribution in [0.3, 0.4) is 0 Å². The molecule has 1 aliphatic heterocycles. The van der Waals surface area contributed by atoms with Gasteiger partial charge in [0.2, 0.25) is 0 Å². The van der Waals surface area contributed by atoms with Crippen LogP contribution in [0.15, 0.2) is 35.9 Å². The van der Waals surface area contributed by atoms with Gasteiger partial charge in [-0.25, -0.2) is 0 Å². The van der Waals surface area contributed by atoms with Gasteiger partial charge in [-0.05, 0) is 17.5 Å². The molecule has 1 atom stereocenters. The molecule has 3 nitrogen and oxygen atoms in total. The molecule has 1 N–H and O–H groups in total. The SMILES string of the molecule is O=C(O)C1Cc2ccccc2CN1CC=CCl. The van der Waals surface area contributed by atoms with Gasteiger partial charge < -0.3 is 5.11 Å². The van der Waals surface area contributed by atoms with Crippen LogP contribution in [0.2, 0.25) is 0 Å². The summed E-state index contributed by atoms with van der Waals surface area (Å²) in [5, 5.41) is 9.23. The average Bonchev–Trinajstić information content (AvgIpc) is 2.35. The van der Waals surface area contributed by atoms with Crippen molar-refractivity contribution in [1.82, 2.24) is 4.90 Å². The normalized spacial score (nSPS) is 20.4. The highest BCUT2D eigenvalue weighted by atomic mass is 35.5. The number of carboxylic acids is 1. The third-order valence-electron chi connectivity index (χ3n) is 3.06. The van der Waals surface area contributed by atoms with Crippen molar-refractivity contribution in [2.24, 2.45) is 0 Å². The standard InChI is InChI=1S/C13H14ClNO2/c14-6-3-7-15-9-11-5-2-1-4-10(11)8-12(15)13(16)17/h1-6,12H,7-9H2,(H,16,17). The molecule has 1 aromatic rings. The first-order valence-corrected chi connectivity index (χ1v) is 5.95. The van der Waals surface area contributed by atoms with Gasteiger partial charge in [0, 0.05) is 18.6 Å². The molecule has 0 bridgehead atoms. The zero-order valence-electron chi connectivity index (χ0n) is 9.34. The number of carboxylic acid groups (broad SMARTS) is 1. The summed E-state index contributed by atoms with van der Waals surface area (Å²) in [5.41, 5.74) is 3.76. The lowest BCUT2D eigenvalue weighted by atomic mass is 9.94. The fourth-order valence-corrected chi connectivity index (χ4v) is 2.27. The Morgan fingerprint density at radius 2 is 2.18 bits per heavy atom. The van der Waals surface area contributed by atoms with Crippen LogP contribution in [0.5, 0.6) is 0 Å². The number of hydrogen-bond donors (Lipinski definition) is 1. The van der Waals surface area contributed by atoms with E-state index in [-0.39, 0.29) is 0 Å². The van der Waals surface area contributed by atoms with E-state index in [0.717, 1.165) is 5.56 Å². The Morgan fingerprint density at radius 1 is 1.47 bits per heavy atom. The van der Waals surface area contributed by atoms with Crippen molar-refractivity contribution in [3.8, 4) is 0 Å². The molecule has 17 heavy (non-hydrogen) atoms. The smallest absolute Gasteiger partial charge is 0.321 e. The Kier molecular flexibility index (Phi) is 3.82. The van der Waals surface area contributed by atoms with Crippen molar-refractivity contribution in [1.29, 1.82) is 0 Å².